The van der Waals surface area contributed by atoms with E-state index >= 15 is 0 Å². The summed E-state index contributed by atoms with van der Waals surface area (Å²) in [6, 6.07) is 8.08. The van der Waals surface area contributed by atoms with Crippen LogP contribution in [-0.2, 0) is 17.6 Å². The van der Waals surface area contributed by atoms with Gasteiger partial charge in [-0.15, -0.1) is 23.1 Å². The van der Waals surface area contributed by atoms with E-state index in [1.165, 1.54) is 4.88 Å². The van der Waals surface area contributed by atoms with Crippen LogP contribution in [0.1, 0.15) is 49.6 Å². The van der Waals surface area contributed by atoms with Gasteiger partial charge in [0.1, 0.15) is 11.1 Å². The van der Waals surface area contributed by atoms with Crippen LogP contribution in [-0.4, -0.2) is 16.6 Å². The zero-order valence-electron chi connectivity index (χ0n) is 16.0. The fourth-order valence-corrected chi connectivity index (χ4v) is 5.50. The molecule has 1 atom stereocenters. The Morgan fingerprint density at radius 2 is 2.26 bits per heavy atom. The Morgan fingerprint density at radius 1 is 1.44 bits per heavy atom. The van der Waals surface area contributed by atoms with Gasteiger partial charge in [-0.05, 0) is 48.3 Å². The molecule has 2 heterocycles. The number of carbonyl (C=O) groups is 1. The quantitative estimate of drug-likeness (QED) is 0.694. The van der Waals surface area contributed by atoms with E-state index in [4.69, 9.17) is 0 Å². The number of nitrogens with one attached hydrogen (secondary N) is 1. The van der Waals surface area contributed by atoms with Gasteiger partial charge in [0.15, 0.2) is 0 Å². The largest absolute Gasteiger partial charge is 0.317 e. The van der Waals surface area contributed by atoms with E-state index in [-0.39, 0.29) is 11.3 Å². The van der Waals surface area contributed by atoms with Crippen molar-refractivity contribution in [2.45, 2.75) is 51.5 Å². The smallest absolute Gasteiger partial charge is 0.225 e. The van der Waals surface area contributed by atoms with Crippen molar-refractivity contribution in [3.8, 4) is 6.07 Å². The monoisotopic (exact) mass is 399 g/mol. The van der Waals surface area contributed by atoms with Crippen LogP contribution in [0.2, 0.25) is 0 Å². The van der Waals surface area contributed by atoms with Gasteiger partial charge in [0.25, 0.3) is 0 Å². The molecule has 0 bridgehead atoms. The number of carbonyl (C=O) groups excluding carboxylic acids is 1. The first-order chi connectivity index (χ1) is 12.9. The van der Waals surface area contributed by atoms with Crippen molar-refractivity contribution in [2.24, 2.45) is 11.3 Å². The standard InChI is InChI=1S/C21H25N3OS2/c1-21(2,3)14-7-8-15-16(13-22)20(27-17(15)12-14)24-18(25)9-11-26-19-6-4-5-10-23-19/h4-6,10,14H,7-9,11-12H2,1-3H3,(H,24,25). The molecule has 2 aromatic heterocycles. The SMILES string of the molecule is CC(C)(C)C1CCc2c(sc(NC(=O)CCSc3ccccn3)c2C#N)C1. The highest BCUT2D eigenvalue weighted by atomic mass is 32.2. The van der Waals surface area contributed by atoms with Crippen LogP contribution in [0.15, 0.2) is 29.4 Å². The van der Waals surface area contributed by atoms with Crippen molar-refractivity contribution in [1.82, 2.24) is 4.98 Å². The molecular formula is C21H25N3OS2. The zero-order valence-corrected chi connectivity index (χ0v) is 17.7. The predicted octanol–water partition coefficient (Wildman–Crippen LogP) is 5.29. The molecule has 0 saturated carbocycles. The molecule has 27 heavy (non-hydrogen) atoms. The topological polar surface area (TPSA) is 65.8 Å². The first-order valence-corrected chi connectivity index (χ1v) is 11.1. The van der Waals surface area contributed by atoms with Gasteiger partial charge in [-0.1, -0.05) is 26.8 Å². The molecule has 0 radical (unpaired) electrons. The lowest BCUT2D eigenvalue weighted by Gasteiger charge is -2.33. The van der Waals surface area contributed by atoms with E-state index in [9.17, 15) is 10.1 Å². The van der Waals surface area contributed by atoms with Crippen LogP contribution in [0.3, 0.4) is 0 Å². The number of nitrogens with zero attached hydrogens (tertiary/aromatic N) is 2. The summed E-state index contributed by atoms with van der Waals surface area (Å²) in [5.74, 6) is 1.25. The van der Waals surface area contributed by atoms with Crippen LogP contribution in [0, 0.1) is 22.7 Å². The van der Waals surface area contributed by atoms with E-state index in [1.807, 2.05) is 18.2 Å². The number of fused-ring (bicyclic) bond motifs is 1. The number of nitriles is 1. The van der Waals surface area contributed by atoms with Crippen molar-refractivity contribution in [2.75, 3.05) is 11.1 Å². The molecule has 4 nitrogen and oxygen atoms in total. The Labute approximate surface area is 169 Å². The van der Waals surface area contributed by atoms with E-state index < -0.39 is 0 Å². The van der Waals surface area contributed by atoms with Gasteiger partial charge in [-0.2, -0.15) is 5.26 Å². The maximum Gasteiger partial charge on any atom is 0.225 e. The normalized spacial score (nSPS) is 16.4. The third-order valence-electron chi connectivity index (χ3n) is 5.07. The molecule has 1 amide bonds. The number of thioether (sulfide) groups is 1. The Balaban J connectivity index is 1.63. The van der Waals surface area contributed by atoms with E-state index in [2.05, 4.69) is 37.1 Å². The average molecular weight is 400 g/mol. The molecule has 0 aromatic carbocycles. The minimum Gasteiger partial charge on any atom is -0.317 e. The summed E-state index contributed by atoms with van der Waals surface area (Å²) in [6.45, 7) is 6.84. The van der Waals surface area contributed by atoms with Gasteiger partial charge in [-0.25, -0.2) is 4.98 Å². The molecule has 6 heteroatoms. The minimum absolute atomic E-state index is 0.0408. The second-order valence-corrected chi connectivity index (χ2v) is 10.2. The summed E-state index contributed by atoms with van der Waals surface area (Å²) in [5, 5.41) is 14.2. The molecule has 1 N–H and O–H groups in total. The molecule has 2 aromatic rings. The minimum atomic E-state index is -0.0408. The van der Waals surface area contributed by atoms with Gasteiger partial charge in [0.2, 0.25) is 5.91 Å². The van der Waals surface area contributed by atoms with Crippen LogP contribution in [0.25, 0.3) is 0 Å². The molecule has 0 aliphatic heterocycles. The van der Waals surface area contributed by atoms with Crippen LogP contribution in [0.5, 0.6) is 0 Å². The molecule has 0 saturated heterocycles. The van der Waals surface area contributed by atoms with Crippen LogP contribution < -0.4 is 5.32 Å². The lowest BCUT2D eigenvalue weighted by atomic mass is 9.72. The number of anilines is 1. The Bertz CT molecular complexity index is 847. The molecule has 1 aliphatic rings. The number of pyridine rings is 1. The van der Waals surface area contributed by atoms with Crippen LogP contribution >= 0.6 is 23.1 Å². The first-order valence-electron chi connectivity index (χ1n) is 9.27. The van der Waals surface area contributed by atoms with Crippen molar-refractivity contribution in [3.63, 3.8) is 0 Å². The molecular weight excluding hydrogens is 374 g/mol. The molecule has 3 rings (SSSR count). The van der Waals surface area contributed by atoms with Crippen molar-refractivity contribution < 1.29 is 4.79 Å². The van der Waals surface area contributed by atoms with Crippen molar-refractivity contribution in [1.29, 1.82) is 5.26 Å². The number of aromatic nitrogens is 1. The van der Waals surface area contributed by atoms with E-state index in [0.717, 1.165) is 34.9 Å². The highest BCUT2D eigenvalue weighted by molar-refractivity contribution is 7.99. The third kappa shape index (κ3) is 4.91. The average Bonchev–Trinajstić information content (AvgIpc) is 2.97. The second kappa shape index (κ2) is 8.45. The summed E-state index contributed by atoms with van der Waals surface area (Å²) >= 11 is 3.16. The maximum absolute atomic E-state index is 12.4. The summed E-state index contributed by atoms with van der Waals surface area (Å²) in [6.07, 6.45) is 5.20. The Morgan fingerprint density at radius 3 is 2.93 bits per heavy atom. The molecule has 0 fully saturated rings. The number of hydrogen-bond acceptors (Lipinski definition) is 5. The maximum atomic E-state index is 12.4. The Hall–Kier alpha value is -1.84. The summed E-state index contributed by atoms with van der Waals surface area (Å²) in [4.78, 5) is 17.9. The summed E-state index contributed by atoms with van der Waals surface area (Å²) in [7, 11) is 0. The number of hydrogen-bond donors (Lipinski definition) is 1. The number of amides is 1. The second-order valence-electron chi connectivity index (χ2n) is 7.94. The Kier molecular flexibility index (Phi) is 6.23. The van der Waals surface area contributed by atoms with Crippen LogP contribution in [0.4, 0.5) is 5.00 Å². The summed E-state index contributed by atoms with van der Waals surface area (Å²) < 4.78 is 0. The van der Waals surface area contributed by atoms with Gasteiger partial charge in [-0.3, -0.25) is 4.79 Å². The van der Waals surface area contributed by atoms with Gasteiger partial charge >= 0.3 is 0 Å². The highest BCUT2D eigenvalue weighted by Gasteiger charge is 2.32. The predicted molar refractivity (Wildman–Crippen MR) is 112 cm³/mol. The fourth-order valence-electron chi connectivity index (χ4n) is 3.40. The first kappa shape index (κ1) is 19.9. The lowest BCUT2D eigenvalue weighted by Crippen LogP contribution is -2.26. The van der Waals surface area contributed by atoms with Crippen molar-refractivity contribution in [3.05, 3.63) is 40.4 Å². The highest BCUT2D eigenvalue weighted by Crippen LogP contribution is 2.44. The number of rotatable bonds is 5. The molecule has 1 aliphatic carbocycles. The van der Waals surface area contributed by atoms with E-state index in [1.54, 1.807) is 29.3 Å². The summed E-state index contributed by atoms with van der Waals surface area (Å²) in [5.41, 5.74) is 2.09. The van der Waals surface area contributed by atoms with E-state index in [0.29, 0.717) is 23.7 Å². The fraction of sp³-hybridized carbons (Fsp3) is 0.476. The van der Waals surface area contributed by atoms with Gasteiger partial charge < -0.3 is 5.32 Å². The zero-order chi connectivity index (χ0) is 19.4. The number of thiophene rings is 1. The molecule has 142 valence electrons. The van der Waals surface area contributed by atoms with Gasteiger partial charge in [0, 0.05) is 23.2 Å². The van der Waals surface area contributed by atoms with Gasteiger partial charge in [0.05, 0.1) is 10.6 Å². The lowest BCUT2D eigenvalue weighted by molar-refractivity contribution is -0.115. The van der Waals surface area contributed by atoms with Crippen molar-refractivity contribution >= 4 is 34.0 Å². The third-order valence-corrected chi connectivity index (χ3v) is 7.19. The molecule has 1 unspecified atom stereocenters. The molecule has 0 spiro atoms.